The molecule has 1 aromatic heterocycles. The van der Waals surface area contributed by atoms with Gasteiger partial charge >= 0.3 is 0 Å². The maximum Gasteiger partial charge on any atom is 0.130 e. The monoisotopic (exact) mass is 221 g/mol. The van der Waals surface area contributed by atoms with Gasteiger partial charge in [0.1, 0.15) is 5.82 Å². The maximum absolute atomic E-state index is 5.41. The summed E-state index contributed by atoms with van der Waals surface area (Å²) in [4.78, 5) is 8.87. The van der Waals surface area contributed by atoms with E-state index in [2.05, 4.69) is 29.1 Å². The van der Waals surface area contributed by atoms with Crippen LogP contribution in [0.5, 0.6) is 0 Å². The average Bonchev–Trinajstić information content (AvgIpc) is 2.30. The van der Waals surface area contributed by atoms with Gasteiger partial charge in [-0.25, -0.2) is 9.97 Å². The first-order chi connectivity index (χ1) is 7.75. The fraction of sp³-hybridized carbons (Fsp3) is 0.667. The standard InChI is InChI=1S/C12H19N3O/c1-9(2)11-3-4-14-12(15-11)7-10-8-16-6-5-13-10/h3-4,9-10,13H,5-8H2,1-2H3. The third kappa shape index (κ3) is 3.00. The summed E-state index contributed by atoms with van der Waals surface area (Å²) in [7, 11) is 0. The van der Waals surface area contributed by atoms with Crippen molar-refractivity contribution in [3.05, 3.63) is 23.8 Å². The van der Waals surface area contributed by atoms with Gasteiger partial charge < -0.3 is 10.1 Å². The van der Waals surface area contributed by atoms with E-state index in [0.717, 1.165) is 37.7 Å². The van der Waals surface area contributed by atoms with Crippen LogP contribution in [0.25, 0.3) is 0 Å². The van der Waals surface area contributed by atoms with Crippen molar-refractivity contribution in [1.29, 1.82) is 0 Å². The van der Waals surface area contributed by atoms with Crippen LogP contribution in [0.15, 0.2) is 12.3 Å². The van der Waals surface area contributed by atoms with E-state index in [1.807, 2.05) is 12.3 Å². The first-order valence-electron chi connectivity index (χ1n) is 5.88. The van der Waals surface area contributed by atoms with Crippen LogP contribution in [-0.2, 0) is 11.2 Å². The second-order valence-corrected chi connectivity index (χ2v) is 4.48. The summed E-state index contributed by atoms with van der Waals surface area (Å²) in [6.45, 7) is 6.79. The molecule has 0 bridgehead atoms. The van der Waals surface area contributed by atoms with E-state index in [0.29, 0.717) is 12.0 Å². The van der Waals surface area contributed by atoms with E-state index < -0.39 is 0 Å². The highest BCUT2D eigenvalue weighted by molar-refractivity contribution is 5.07. The van der Waals surface area contributed by atoms with Gasteiger partial charge in [-0.2, -0.15) is 0 Å². The molecule has 0 amide bonds. The molecule has 4 nitrogen and oxygen atoms in total. The van der Waals surface area contributed by atoms with Gasteiger partial charge in [-0.05, 0) is 12.0 Å². The Bertz CT molecular complexity index is 335. The van der Waals surface area contributed by atoms with Crippen molar-refractivity contribution in [1.82, 2.24) is 15.3 Å². The Morgan fingerprint density at radius 3 is 3.12 bits per heavy atom. The molecule has 1 saturated heterocycles. The molecule has 88 valence electrons. The molecule has 1 atom stereocenters. The Balaban J connectivity index is 2.00. The van der Waals surface area contributed by atoms with E-state index in [9.17, 15) is 0 Å². The van der Waals surface area contributed by atoms with Crippen molar-refractivity contribution in [3.8, 4) is 0 Å². The average molecular weight is 221 g/mol. The van der Waals surface area contributed by atoms with Gasteiger partial charge in [0.2, 0.25) is 0 Å². The van der Waals surface area contributed by atoms with Crippen LogP contribution in [0.3, 0.4) is 0 Å². The summed E-state index contributed by atoms with van der Waals surface area (Å²) in [5.74, 6) is 1.37. The van der Waals surface area contributed by atoms with Gasteiger partial charge in [0.05, 0.1) is 13.2 Å². The van der Waals surface area contributed by atoms with Crippen LogP contribution in [-0.4, -0.2) is 35.8 Å². The predicted octanol–water partition coefficient (Wildman–Crippen LogP) is 1.13. The van der Waals surface area contributed by atoms with Crippen molar-refractivity contribution < 1.29 is 4.74 Å². The van der Waals surface area contributed by atoms with E-state index >= 15 is 0 Å². The highest BCUT2D eigenvalue weighted by Crippen LogP contribution is 2.11. The topological polar surface area (TPSA) is 47.0 Å². The van der Waals surface area contributed by atoms with Crippen LogP contribution in [0.4, 0.5) is 0 Å². The number of hydrogen-bond donors (Lipinski definition) is 1. The summed E-state index contributed by atoms with van der Waals surface area (Å²) >= 11 is 0. The fourth-order valence-corrected chi connectivity index (χ4v) is 1.81. The molecular formula is C12H19N3O. The number of nitrogens with one attached hydrogen (secondary N) is 1. The SMILES string of the molecule is CC(C)c1ccnc(CC2COCCN2)n1. The molecule has 0 aromatic carbocycles. The van der Waals surface area contributed by atoms with Gasteiger partial charge in [0.25, 0.3) is 0 Å². The summed E-state index contributed by atoms with van der Waals surface area (Å²) in [5.41, 5.74) is 1.11. The van der Waals surface area contributed by atoms with E-state index in [4.69, 9.17) is 4.74 Å². The molecule has 1 unspecified atom stereocenters. The third-order valence-electron chi connectivity index (χ3n) is 2.75. The second kappa shape index (κ2) is 5.37. The maximum atomic E-state index is 5.41. The van der Waals surface area contributed by atoms with Crippen molar-refractivity contribution in [2.75, 3.05) is 19.8 Å². The Hall–Kier alpha value is -1.00. The fourth-order valence-electron chi connectivity index (χ4n) is 1.81. The molecule has 16 heavy (non-hydrogen) atoms. The van der Waals surface area contributed by atoms with Gasteiger partial charge in [-0.3, -0.25) is 0 Å². The predicted molar refractivity (Wildman–Crippen MR) is 62.4 cm³/mol. The Labute approximate surface area is 96.4 Å². The highest BCUT2D eigenvalue weighted by Gasteiger charge is 2.15. The van der Waals surface area contributed by atoms with Crippen LogP contribution in [0, 0.1) is 0 Å². The lowest BCUT2D eigenvalue weighted by Crippen LogP contribution is -2.42. The van der Waals surface area contributed by atoms with E-state index in [-0.39, 0.29) is 0 Å². The molecule has 0 saturated carbocycles. The number of rotatable bonds is 3. The van der Waals surface area contributed by atoms with Crippen LogP contribution >= 0.6 is 0 Å². The molecule has 1 aliphatic rings. The molecule has 2 rings (SSSR count). The first-order valence-corrected chi connectivity index (χ1v) is 5.88. The summed E-state index contributed by atoms with van der Waals surface area (Å²) < 4.78 is 5.41. The number of morpholine rings is 1. The summed E-state index contributed by atoms with van der Waals surface area (Å²) in [6.07, 6.45) is 2.70. The minimum absolute atomic E-state index is 0.358. The summed E-state index contributed by atoms with van der Waals surface area (Å²) in [6, 6.07) is 2.34. The van der Waals surface area contributed by atoms with Crippen molar-refractivity contribution in [2.24, 2.45) is 0 Å². The Kier molecular flexibility index (Phi) is 3.85. The molecule has 1 fully saturated rings. The zero-order chi connectivity index (χ0) is 11.4. The number of ether oxygens (including phenoxy) is 1. The Morgan fingerprint density at radius 1 is 1.56 bits per heavy atom. The zero-order valence-corrected chi connectivity index (χ0v) is 9.94. The number of aromatic nitrogens is 2. The molecule has 1 aliphatic heterocycles. The highest BCUT2D eigenvalue weighted by atomic mass is 16.5. The van der Waals surface area contributed by atoms with E-state index in [1.165, 1.54) is 0 Å². The number of nitrogens with zero attached hydrogens (tertiary/aromatic N) is 2. The van der Waals surface area contributed by atoms with Crippen LogP contribution in [0.1, 0.15) is 31.3 Å². The first kappa shape index (κ1) is 11.5. The van der Waals surface area contributed by atoms with Gasteiger partial charge in [-0.1, -0.05) is 13.8 Å². The summed E-state index contributed by atoms with van der Waals surface area (Å²) in [5, 5.41) is 3.41. The van der Waals surface area contributed by atoms with Crippen molar-refractivity contribution >= 4 is 0 Å². The third-order valence-corrected chi connectivity index (χ3v) is 2.75. The lowest BCUT2D eigenvalue weighted by molar-refractivity contribution is 0.0764. The van der Waals surface area contributed by atoms with E-state index in [1.54, 1.807) is 0 Å². The minimum Gasteiger partial charge on any atom is -0.379 e. The normalized spacial score (nSPS) is 21.3. The molecule has 4 heteroatoms. The van der Waals surface area contributed by atoms with Gasteiger partial charge in [-0.15, -0.1) is 0 Å². The second-order valence-electron chi connectivity index (χ2n) is 4.48. The van der Waals surface area contributed by atoms with Crippen molar-refractivity contribution in [3.63, 3.8) is 0 Å². The lowest BCUT2D eigenvalue weighted by atomic mass is 10.1. The zero-order valence-electron chi connectivity index (χ0n) is 9.94. The molecule has 0 aliphatic carbocycles. The molecule has 1 aromatic rings. The minimum atomic E-state index is 0.358. The van der Waals surface area contributed by atoms with Gasteiger partial charge in [0.15, 0.2) is 0 Å². The van der Waals surface area contributed by atoms with Crippen LogP contribution < -0.4 is 5.32 Å². The smallest absolute Gasteiger partial charge is 0.130 e. The molecule has 0 radical (unpaired) electrons. The molecule has 2 heterocycles. The van der Waals surface area contributed by atoms with Gasteiger partial charge in [0, 0.05) is 30.9 Å². The Morgan fingerprint density at radius 2 is 2.44 bits per heavy atom. The quantitative estimate of drug-likeness (QED) is 0.831. The molecule has 0 spiro atoms. The van der Waals surface area contributed by atoms with Crippen molar-refractivity contribution in [2.45, 2.75) is 32.2 Å². The molecular weight excluding hydrogens is 202 g/mol. The lowest BCUT2D eigenvalue weighted by Gasteiger charge is -2.23. The number of hydrogen-bond acceptors (Lipinski definition) is 4. The van der Waals surface area contributed by atoms with Crippen LogP contribution in [0.2, 0.25) is 0 Å². The largest absolute Gasteiger partial charge is 0.379 e. The molecule has 1 N–H and O–H groups in total.